The van der Waals surface area contributed by atoms with Gasteiger partial charge in [0.05, 0.1) is 18.8 Å². The van der Waals surface area contributed by atoms with Crippen LogP contribution in [0.2, 0.25) is 0 Å². The molecule has 0 aromatic carbocycles. The number of nitrogens with zero attached hydrogens (tertiary/aromatic N) is 1. The maximum absolute atomic E-state index is 9.76. The van der Waals surface area contributed by atoms with Crippen molar-refractivity contribution in [2.45, 2.75) is 50.7 Å². The third kappa shape index (κ3) is 5.18. The molecule has 0 bridgehead atoms. The fourth-order valence-corrected chi connectivity index (χ4v) is 3.85. The minimum absolute atomic E-state index is 0.286. The van der Waals surface area contributed by atoms with E-state index in [1.165, 1.54) is 38.5 Å². The van der Waals surface area contributed by atoms with Gasteiger partial charge in [-0.2, -0.15) is 0 Å². The summed E-state index contributed by atoms with van der Waals surface area (Å²) in [6, 6.07) is 0. The van der Waals surface area contributed by atoms with E-state index in [1.807, 2.05) is 0 Å². The van der Waals surface area contributed by atoms with Crippen molar-refractivity contribution in [2.24, 2.45) is 5.41 Å². The highest BCUT2D eigenvalue weighted by Gasteiger charge is 2.37. The molecule has 1 aliphatic carbocycles. The van der Waals surface area contributed by atoms with Crippen molar-refractivity contribution in [1.82, 2.24) is 10.2 Å². The van der Waals surface area contributed by atoms with E-state index in [0.29, 0.717) is 13.1 Å². The molecule has 0 aromatic heterocycles. The molecule has 1 saturated carbocycles. The Bertz CT molecular complexity index is 283. The number of aliphatic hydroxyl groups excluding tert-OH is 2. The smallest absolute Gasteiger partial charge is 0.0938 e. The number of nitrogens with one attached hydrogen (secondary N) is 1. The predicted octanol–water partition coefficient (Wildman–Crippen LogP) is 0.600. The molecule has 1 heterocycles. The average Bonchev–Trinajstić information content (AvgIpc) is 2.66. The van der Waals surface area contributed by atoms with Gasteiger partial charge in [-0.15, -0.1) is 0 Å². The molecule has 0 amide bonds. The first-order valence-corrected chi connectivity index (χ1v) is 8.43. The van der Waals surface area contributed by atoms with Gasteiger partial charge in [-0.1, -0.05) is 25.7 Å². The number of methoxy groups -OCH3 is 1. The Hall–Kier alpha value is -0.200. The van der Waals surface area contributed by atoms with Crippen LogP contribution in [0.25, 0.3) is 0 Å². The van der Waals surface area contributed by atoms with E-state index in [9.17, 15) is 10.2 Å². The van der Waals surface area contributed by atoms with Crippen LogP contribution in [0.4, 0.5) is 0 Å². The van der Waals surface area contributed by atoms with E-state index in [1.54, 1.807) is 7.11 Å². The molecular weight excluding hydrogens is 268 g/mol. The molecule has 2 aliphatic rings. The molecule has 0 radical (unpaired) electrons. The molecule has 2 atom stereocenters. The number of likely N-dealkylation sites (tertiary alicyclic amines) is 1. The van der Waals surface area contributed by atoms with Crippen molar-refractivity contribution in [3.63, 3.8) is 0 Å². The largest absolute Gasteiger partial charge is 0.389 e. The quantitative estimate of drug-likeness (QED) is 0.475. The highest BCUT2D eigenvalue weighted by Crippen LogP contribution is 2.36. The Labute approximate surface area is 128 Å². The lowest BCUT2D eigenvalue weighted by Crippen LogP contribution is -2.44. The third-order valence-electron chi connectivity index (χ3n) is 5.04. The molecule has 2 fully saturated rings. The average molecular weight is 300 g/mol. The molecule has 0 aromatic rings. The van der Waals surface area contributed by atoms with Crippen molar-refractivity contribution in [3.05, 3.63) is 0 Å². The van der Waals surface area contributed by atoms with Gasteiger partial charge in [-0.05, 0) is 18.3 Å². The molecular formula is C16H32N2O3. The Balaban J connectivity index is 1.90. The van der Waals surface area contributed by atoms with Gasteiger partial charge in [0.15, 0.2) is 0 Å². The van der Waals surface area contributed by atoms with Gasteiger partial charge in [0.25, 0.3) is 0 Å². The summed E-state index contributed by atoms with van der Waals surface area (Å²) in [5, 5.41) is 23.1. The van der Waals surface area contributed by atoms with E-state index < -0.39 is 12.2 Å². The Morgan fingerprint density at radius 2 is 1.71 bits per heavy atom. The van der Waals surface area contributed by atoms with E-state index in [-0.39, 0.29) is 5.41 Å². The monoisotopic (exact) mass is 300 g/mol. The van der Waals surface area contributed by atoms with Crippen molar-refractivity contribution < 1.29 is 14.9 Å². The van der Waals surface area contributed by atoms with Gasteiger partial charge in [0.1, 0.15) is 0 Å². The zero-order valence-electron chi connectivity index (χ0n) is 13.4. The zero-order chi connectivity index (χ0) is 15.1. The maximum Gasteiger partial charge on any atom is 0.0938 e. The molecule has 21 heavy (non-hydrogen) atoms. The van der Waals surface area contributed by atoms with Crippen LogP contribution in [0.15, 0.2) is 0 Å². The summed E-state index contributed by atoms with van der Waals surface area (Å²) in [5.74, 6) is 0. The number of hydrogen-bond donors (Lipinski definition) is 3. The van der Waals surface area contributed by atoms with Crippen molar-refractivity contribution in [2.75, 3.05) is 46.4 Å². The zero-order valence-corrected chi connectivity index (χ0v) is 13.4. The topological polar surface area (TPSA) is 65.0 Å². The molecule has 1 aliphatic heterocycles. The normalized spacial score (nSPS) is 30.4. The van der Waals surface area contributed by atoms with Crippen LogP contribution < -0.4 is 5.32 Å². The maximum atomic E-state index is 9.76. The second-order valence-corrected chi connectivity index (χ2v) is 6.91. The Kier molecular flexibility index (Phi) is 6.89. The van der Waals surface area contributed by atoms with Crippen LogP contribution in [0.1, 0.15) is 38.5 Å². The van der Waals surface area contributed by atoms with Crippen molar-refractivity contribution in [3.8, 4) is 0 Å². The molecule has 0 spiro atoms. The highest BCUT2D eigenvalue weighted by molar-refractivity contribution is 4.91. The predicted molar refractivity (Wildman–Crippen MR) is 83.3 cm³/mol. The molecule has 1 saturated heterocycles. The van der Waals surface area contributed by atoms with Crippen LogP contribution in [0.5, 0.6) is 0 Å². The molecule has 5 nitrogen and oxygen atoms in total. The number of hydrogen-bond acceptors (Lipinski definition) is 5. The molecule has 3 N–H and O–H groups in total. The summed E-state index contributed by atoms with van der Waals surface area (Å²) < 4.78 is 5.11. The SMILES string of the molecule is COCCNCC1(CN2CC(O)C(O)C2)CCCCCC1. The number of rotatable bonds is 7. The van der Waals surface area contributed by atoms with Crippen LogP contribution >= 0.6 is 0 Å². The number of aliphatic hydroxyl groups is 2. The van der Waals surface area contributed by atoms with Gasteiger partial charge >= 0.3 is 0 Å². The summed E-state index contributed by atoms with van der Waals surface area (Å²) in [4.78, 5) is 2.25. The molecule has 2 unspecified atom stereocenters. The Morgan fingerprint density at radius 1 is 1.10 bits per heavy atom. The summed E-state index contributed by atoms with van der Waals surface area (Å²) in [6.45, 7) is 4.86. The van der Waals surface area contributed by atoms with Crippen LogP contribution in [0, 0.1) is 5.41 Å². The first kappa shape index (κ1) is 17.2. The summed E-state index contributed by atoms with van der Waals surface area (Å²) in [6.07, 6.45) is 6.61. The van der Waals surface area contributed by atoms with Gasteiger partial charge in [-0.25, -0.2) is 0 Å². The van der Waals surface area contributed by atoms with E-state index >= 15 is 0 Å². The fraction of sp³-hybridized carbons (Fsp3) is 1.00. The summed E-state index contributed by atoms with van der Waals surface area (Å²) in [5.41, 5.74) is 0.286. The first-order chi connectivity index (χ1) is 10.2. The number of β-amino-alcohol motifs (C(OH)–C–C–N with tert-alkyl or cyclic N) is 2. The summed E-state index contributed by atoms with van der Waals surface area (Å²) >= 11 is 0. The minimum atomic E-state index is -0.575. The van der Waals surface area contributed by atoms with E-state index in [4.69, 9.17) is 4.74 Å². The highest BCUT2D eigenvalue weighted by atomic mass is 16.5. The van der Waals surface area contributed by atoms with Gasteiger partial charge in [0, 0.05) is 39.8 Å². The van der Waals surface area contributed by atoms with Crippen molar-refractivity contribution in [1.29, 1.82) is 0 Å². The van der Waals surface area contributed by atoms with Gasteiger partial charge < -0.3 is 20.3 Å². The van der Waals surface area contributed by atoms with E-state index in [0.717, 1.165) is 26.2 Å². The van der Waals surface area contributed by atoms with Crippen molar-refractivity contribution >= 4 is 0 Å². The number of ether oxygens (including phenoxy) is 1. The van der Waals surface area contributed by atoms with Gasteiger partial charge in [-0.3, -0.25) is 4.90 Å². The molecule has 5 heteroatoms. The van der Waals surface area contributed by atoms with Crippen LogP contribution in [-0.4, -0.2) is 73.8 Å². The lowest BCUT2D eigenvalue weighted by Gasteiger charge is -2.37. The minimum Gasteiger partial charge on any atom is -0.389 e. The second kappa shape index (κ2) is 8.44. The summed E-state index contributed by atoms with van der Waals surface area (Å²) in [7, 11) is 1.73. The van der Waals surface area contributed by atoms with Crippen LogP contribution in [-0.2, 0) is 4.74 Å². The molecule has 2 rings (SSSR count). The Morgan fingerprint density at radius 3 is 2.29 bits per heavy atom. The van der Waals surface area contributed by atoms with Gasteiger partial charge in [0.2, 0.25) is 0 Å². The van der Waals surface area contributed by atoms with E-state index in [2.05, 4.69) is 10.2 Å². The fourth-order valence-electron chi connectivity index (χ4n) is 3.85. The lowest BCUT2D eigenvalue weighted by atomic mass is 9.79. The standard InChI is InChI=1S/C16H32N2O3/c1-21-9-8-17-12-16(6-4-2-3-5-7-16)13-18-10-14(19)15(20)11-18/h14-15,17,19-20H,2-13H2,1H3. The molecule has 124 valence electrons. The first-order valence-electron chi connectivity index (χ1n) is 8.43. The van der Waals surface area contributed by atoms with Crippen LogP contribution in [0.3, 0.4) is 0 Å². The third-order valence-corrected chi connectivity index (χ3v) is 5.04. The lowest BCUT2D eigenvalue weighted by molar-refractivity contribution is 0.0572. The second-order valence-electron chi connectivity index (χ2n) is 6.91.